The van der Waals surface area contributed by atoms with E-state index in [1.165, 1.54) is 0 Å². The fraction of sp³-hybridized carbons (Fsp3) is 0.833. The molecule has 0 aliphatic carbocycles. The van der Waals surface area contributed by atoms with Crippen LogP contribution in [0.5, 0.6) is 0 Å². The lowest BCUT2D eigenvalue weighted by molar-refractivity contribution is -0.138. The van der Waals surface area contributed by atoms with E-state index >= 15 is 0 Å². The van der Waals surface area contributed by atoms with Crippen molar-refractivity contribution in [3.05, 3.63) is 0 Å². The van der Waals surface area contributed by atoms with Crippen LogP contribution >= 0.6 is 0 Å². The third-order valence-corrected chi connectivity index (χ3v) is 2.62. The zero-order valence-corrected chi connectivity index (χ0v) is 10.7. The largest absolute Gasteiger partial charge is 0.480 e. The summed E-state index contributed by atoms with van der Waals surface area (Å²) in [5.74, 6) is -0.798. The van der Waals surface area contributed by atoms with Crippen LogP contribution in [0.25, 0.3) is 0 Å². The Balaban J connectivity index is 4.05. The van der Waals surface area contributed by atoms with Gasteiger partial charge in [-0.3, -0.25) is 9.69 Å². The number of hydrogen-bond acceptors (Lipinski definition) is 3. The number of nitriles is 1. The standard InChI is InChI=1S/C12H22N2O2/c1-10(2)14(8-11(15)16)7-5-6-12(3,4)9-13/h10H,5-8H2,1-4H3,(H,15,16). The van der Waals surface area contributed by atoms with E-state index < -0.39 is 5.97 Å². The molecule has 16 heavy (non-hydrogen) atoms. The summed E-state index contributed by atoms with van der Waals surface area (Å²) in [5, 5.41) is 17.6. The molecule has 0 aromatic rings. The van der Waals surface area contributed by atoms with Crippen LogP contribution < -0.4 is 0 Å². The molecule has 0 amide bonds. The number of carbonyl (C=O) groups is 1. The molecule has 1 N–H and O–H groups in total. The molecule has 0 rings (SSSR count). The Morgan fingerprint density at radius 3 is 2.44 bits per heavy atom. The maximum atomic E-state index is 10.6. The third-order valence-electron chi connectivity index (χ3n) is 2.62. The van der Waals surface area contributed by atoms with Crippen molar-refractivity contribution in [3.8, 4) is 6.07 Å². The van der Waals surface area contributed by atoms with Crippen molar-refractivity contribution in [2.75, 3.05) is 13.1 Å². The molecule has 0 atom stereocenters. The lowest BCUT2D eigenvalue weighted by Crippen LogP contribution is -2.36. The number of carboxylic acids is 1. The molecule has 0 bridgehead atoms. The van der Waals surface area contributed by atoms with Gasteiger partial charge in [-0.25, -0.2) is 0 Å². The highest BCUT2D eigenvalue weighted by Gasteiger charge is 2.18. The average molecular weight is 226 g/mol. The zero-order valence-electron chi connectivity index (χ0n) is 10.7. The predicted molar refractivity (Wildman–Crippen MR) is 63.0 cm³/mol. The molecule has 0 unspecified atom stereocenters. The highest BCUT2D eigenvalue weighted by atomic mass is 16.4. The van der Waals surface area contributed by atoms with E-state index in [9.17, 15) is 4.79 Å². The van der Waals surface area contributed by atoms with Gasteiger partial charge < -0.3 is 5.11 Å². The molecule has 0 heterocycles. The van der Waals surface area contributed by atoms with E-state index in [1.54, 1.807) is 0 Å². The highest BCUT2D eigenvalue weighted by molar-refractivity contribution is 5.69. The van der Waals surface area contributed by atoms with E-state index in [4.69, 9.17) is 10.4 Å². The summed E-state index contributed by atoms with van der Waals surface area (Å²) >= 11 is 0. The molecule has 0 radical (unpaired) electrons. The van der Waals surface area contributed by atoms with Crippen molar-refractivity contribution in [2.24, 2.45) is 5.41 Å². The van der Waals surface area contributed by atoms with E-state index in [2.05, 4.69) is 6.07 Å². The summed E-state index contributed by atoms with van der Waals surface area (Å²) < 4.78 is 0. The summed E-state index contributed by atoms with van der Waals surface area (Å²) in [6.07, 6.45) is 1.65. The van der Waals surface area contributed by atoms with Crippen molar-refractivity contribution < 1.29 is 9.90 Å². The third kappa shape index (κ3) is 6.41. The average Bonchev–Trinajstić information content (AvgIpc) is 2.15. The Morgan fingerprint density at radius 1 is 1.50 bits per heavy atom. The fourth-order valence-electron chi connectivity index (χ4n) is 1.47. The fourth-order valence-corrected chi connectivity index (χ4v) is 1.47. The lowest BCUT2D eigenvalue weighted by atomic mass is 9.90. The Bertz CT molecular complexity index is 267. The first kappa shape index (κ1) is 14.9. The summed E-state index contributed by atoms with van der Waals surface area (Å²) in [6, 6.07) is 2.47. The summed E-state index contributed by atoms with van der Waals surface area (Å²) in [7, 11) is 0. The van der Waals surface area contributed by atoms with Crippen molar-refractivity contribution in [1.29, 1.82) is 5.26 Å². The van der Waals surface area contributed by atoms with Crippen LogP contribution in [0.2, 0.25) is 0 Å². The maximum absolute atomic E-state index is 10.6. The van der Waals surface area contributed by atoms with Crippen molar-refractivity contribution in [2.45, 2.75) is 46.6 Å². The maximum Gasteiger partial charge on any atom is 0.317 e. The molecule has 0 fully saturated rings. The van der Waals surface area contributed by atoms with Crippen LogP contribution in [-0.4, -0.2) is 35.1 Å². The minimum atomic E-state index is -0.798. The van der Waals surface area contributed by atoms with Crippen molar-refractivity contribution in [1.82, 2.24) is 4.90 Å². The zero-order chi connectivity index (χ0) is 12.8. The molecular weight excluding hydrogens is 204 g/mol. The molecule has 4 heteroatoms. The Hall–Kier alpha value is -1.08. The quantitative estimate of drug-likeness (QED) is 0.722. The molecule has 0 saturated heterocycles. The van der Waals surface area contributed by atoms with Gasteiger partial charge in [0.1, 0.15) is 0 Å². The minimum absolute atomic E-state index is 0.0741. The second-order valence-corrected chi connectivity index (χ2v) is 5.06. The summed E-state index contributed by atoms with van der Waals surface area (Å²) in [6.45, 7) is 8.59. The van der Waals surface area contributed by atoms with Crippen LogP contribution in [0.15, 0.2) is 0 Å². The number of nitrogens with zero attached hydrogens (tertiary/aromatic N) is 2. The van der Waals surface area contributed by atoms with Crippen LogP contribution in [0.3, 0.4) is 0 Å². The minimum Gasteiger partial charge on any atom is -0.480 e. The molecule has 0 aliphatic heterocycles. The van der Waals surface area contributed by atoms with Gasteiger partial charge in [0.05, 0.1) is 18.0 Å². The Kier molecular flexibility index (Phi) is 6.05. The van der Waals surface area contributed by atoms with Gasteiger partial charge in [-0.2, -0.15) is 5.26 Å². The van der Waals surface area contributed by atoms with Crippen molar-refractivity contribution in [3.63, 3.8) is 0 Å². The van der Waals surface area contributed by atoms with Crippen molar-refractivity contribution >= 4 is 5.97 Å². The van der Waals surface area contributed by atoms with Crippen LogP contribution in [0.1, 0.15) is 40.5 Å². The van der Waals surface area contributed by atoms with Gasteiger partial charge >= 0.3 is 5.97 Å². The van der Waals surface area contributed by atoms with Gasteiger partial charge in [0.25, 0.3) is 0 Å². The number of carboxylic acid groups (broad SMARTS) is 1. The molecule has 0 saturated carbocycles. The van der Waals surface area contributed by atoms with Crippen LogP contribution in [0.4, 0.5) is 0 Å². The van der Waals surface area contributed by atoms with E-state index in [-0.39, 0.29) is 18.0 Å². The normalized spacial score (nSPS) is 11.8. The molecule has 0 aliphatic rings. The van der Waals surface area contributed by atoms with Crippen LogP contribution in [0, 0.1) is 16.7 Å². The van der Waals surface area contributed by atoms with E-state index in [0.29, 0.717) is 0 Å². The predicted octanol–water partition coefficient (Wildman–Crippen LogP) is 2.11. The lowest BCUT2D eigenvalue weighted by Gasteiger charge is -2.25. The Labute approximate surface area is 97.9 Å². The second-order valence-electron chi connectivity index (χ2n) is 5.06. The number of aliphatic carboxylic acids is 1. The Morgan fingerprint density at radius 2 is 2.06 bits per heavy atom. The number of rotatable bonds is 7. The summed E-state index contributed by atoms with van der Waals surface area (Å²) in [4.78, 5) is 12.5. The second kappa shape index (κ2) is 6.49. The monoisotopic (exact) mass is 226 g/mol. The van der Waals surface area contributed by atoms with Gasteiger partial charge in [-0.05, 0) is 47.1 Å². The van der Waals surface area contributed by atoms with Gasteiger partial charge in [-0.1, -0.05) is 0 Å². The van der Waals surface area contributed by atoms with Gasteiger partial charge in [0.15, 0.2) is 0 Å². The van der Waals surface area contributed by atoms with E-state index in [1.807, 2.05) is 32.6 Å². The SMILES string of the molecule is CC(C)N(CCCC(C)(C)C#N)CC(=O)O. The van der Waals surface area contributed by atoms with Gasteiger partial charge in [0, 0.05) is 6.04 Å². The van der Waals surface area contributed by atoms with Crippen LogP contribution in [-0.2, 0) is 4.79 Å². The first-order valence-electron chi connectivity index (χ1n) is 5.65. The molecule has 92 valence electrons. The molecule has 0 spiro atoms. The topological polar surface area (TPSA) is 64.3 Å². The first-order chi connectivity index (χ1) is 7.28. The number of hydrogen-bond donors (Lipinski definition) is 1. The van der Waals surface area contributed by atoms with Gasteiger partial charge in [0.2, 0.25) is 0 Å². The molecule has 4 nitrogen and oxygen atoms in total. The molecule has 0 aromatic carbocycles. The smallest absolute Gasteiger partial charge is 0.317 e. The van der Waals surface area contributed by atoms with E-state index in [0.717, 1.165) is 19.4 Å². The summed E-state index contributed by atoms with van der Waals surface area (Å²) in [5.41, 5.74) is -0.314. The molecule has 0 aromatic heterocycles. The first-order valence-corrected chi connectivity index (χ1v) is 5.65. The molecular formula is C12H22N2O2. The van der Waals surface area contributed by atoms with Gasteiger partial charge in [-0.15, -0.1) is 0 Å². The highest BCUT2D eigenvalue weighted by Crippen LogP contribution is 2.20.